The Morgan fingerprint density at radius 2 is 1.85 bits per heavy atom. The van der Waals surface area contributed by atoms with Gasteiger partial charge in [-0.15, -0.1) is 0 Å². The fourth-order valence-electron chi connectivity index (χ4n) is 1.23. The Bertz CT molecular complexity index is 396. The summed E-state index contributed by atoms with van der Waals surface area (Å²) in [4.78, 5) is 11.0. The second kappa shape index (κ2) is 9.15. The Hall–Kier alpha value is -1.81. The maximum atomic E-state index is 11.0. The zero-order valence-corrected chi connectivity index (χ0v) is 12.9. The number of rotatable bonds is 5. The monoisotopic (exact) mass is 277 g/mol. The van der Waals surface area contributed by atoms with Crippen LogP contribution in [0.4, 0.5) is 0 Å². The lowest BCUT2D eigenvalue weighted by Gasteiger charge is -2.15. The van der Waals surface area contributed by atoms with Crippen LogP contribution in [0, 0.1) is 0 Å². The number of primary amides is 1. The Kier molecular flexibility index (Phi) is 8.32. The molecule has 0 aliphatic rings. The number of carbonyl (C=O) groups excluding carboxylic acids is 1. The first kappa shape index (κ1) is 18.2. The molecule has 20 heavy (non-hydrogen) atoms. The molecule has 4 N–H and O–H groups in total. The number of nitrogens with one attached hydrogen (secondary N) is 2. The summed E-state index contributed by atoms with van der Waals surface area (Å²) in [7, 11) is 1.96. The normalized spacial score (nSPS) is 11.8. The van der Waals surface area contributed by atoms with Crippen LogP contribution in [0.1, 0.15) is 26.3 Å². The number of nitrogens with two attached hydrogens (primary N) is 1. The molecule has 0 radical (unpaired) electrons. The van der Waals surface area contributed by atoms with Gasteiger partial charge in [0.1, 0.15) is 6.04 Å². The molecule has 1 unspecified atom stereocenters. The van der Waals surface area contributed by atoms with Crippen molar-refractivity contribution in [2.45, 2.75) is 38.8 Å². The minimum Gasteiger partial charge on any atom is -0.380 e. The third-order valence-electron chi connectivity index (χ3n) is 2.70. The smallest absolute Gasteiger partial charge is 0.240 e. The number of hydrogen-bond acceptors (Lipinski definition) is 3. The fraction of sp³-hybridized carbons (Fsp3) is 0.438. The number of benzene rings is 1. The third-order valence-corrected chi connectivity index (χ3v) is 2.70. The van der Waals surface area contributed by atoms with Crippen molar-refractivity contribution in [3.8, 4) is 0 Å². The molecule has 0 bridgehead atoms. The van der Waals surface area contributed by atoms with Crippen LogP contribution in [0.2, 0.25) is 0 Å². The average Bonchev–Trinajstić information content (AvgIpc) is 2.39. The molecule has 0 saturated carbocycles. The molecule has 1 amide bonds. The standard InChI is InChI=1S/C11H14N2O.C5H13N/c1-2-13-10(11(12)14)8-9-6-4-3-5-7-9;1-5(2,3)6-4/h2-7,10,13H,1,8H2,(H2,12,14);6H,1-4H3. The van der Waals surface area contributed by atoms with E-state index in [1.807, 2.05) is 37.4 Å². The summed E-state index contributed by atoms with van der Waals surface area (Å²) in [6.07, 6.45) is 2.07. The van der Waals surface area contributed by atoms with Gasteiger partial charge in [0, 0.05) is 12.0 Å². The molecular weight excluding hydrogens is 250 g/mol. The summed E-state index contributed by atoms with van der Waals surface area (Å²) in [6, 6.07) is 9.34. The minimum absolute atomic E-state index is 0.292. The van der Waals surface area contributed by atoms with Crippen LogP contribution in [0.25, 0.3) is 0 Å². The van der Waals surface area contributed by atoms with Gasteiger partial charge in [-0.2, -0.15) is 0 Å². The summed E-state index contributed by atoms with van der Waals surface area (Å²) >= 11 is 0. The number of carbonyl (C=O) groups is 1. The van der Waals surface area contributed by atoms with Crippen molar-refractivity contribution >= 4 is 5.91 Å². The van der Waals surface area contributed by atoms with Crippen molar-refractivity contribution in [3.05, 3.63) is 48.7 Å². The van der Waals surface area contributed by atoms with E-state index in [1.165, 1.54) is 6.20 Å². The summed E-state index contributed by atoms with van der Waals surface area (Å²) in [5, 5.41) is 5.92. The molecule has 4 heteroatoms. The highest BCUT2D eigenvalue weighted by molar-refractivity contribution is 5.80. The molecule has 1 rings (SSSR count). The lowest BCUT2D eigenvalue weighted by Crippen LogP contribution is -2.40. The van der Waals surface area contributed by atoms with E-state index in [0.717, 1.165) is 5.56 Å². The van der Waals surface area contributed by atoms with Gasteiger partial charge < -0.3 is 16.4 Å². The van der Waals surface area contributed by atoms with Crippen molar-refractivity contribution in [2.24, 2.45) is 5.73 Å². The maximum Gasteiger partial charge on any atom is 0.240 e. The van der Waals surface area contributed by atoms with Crippen LogP contribution in [0.5, 0.6) is 0 Å². The molecule has 1 atom stereocenters. The van der Waals surface area contributed by atoms with Crippen LogP contribution in [0.3, 0.4) is 0 Å². The summed E-state index contributed by atoms with van der Waals surface area (Å²) in [6.45, 7) is 9.90. The first-order chi connectivity index (χ1) is 9.30. The Balaban J connectivity index is 0.000000511. The Labute approximate surface area is 122 Å². The third kappa shape index (κ3) is 9.16. The summed E-state index contributed by atoms with van der Waals surface area (Å²) in [5.41, 5.74) is 6.59. The number of hydrogen-bond donors (Lipinski definition) is 3. The molecule has 0 aliphatic carbocycles. The van der Waals surface area contributed by atoms with E-state index < -0.39 is 0 Å². The second-order valence-electron chi connectivity index (χ2n) is 5.52. The molecule has 0 aromatic heterocycles. The van der Waals surface area contributed by atoms with Crippen molar-refractivity contribution in [1.29, 1.82) is 0 Å². The van der Waals surface area contributed by atoms with Gasteiger partial charge >= 0.3 is 0 Å². The number of amides is 1. The van der Waals surface area contributed by atoms with Crippen molar-refractivity contribution in [2.75, 3.05) is 7.05 Å². The van der Waals surface area contributed by atoms with Crippen molar-refractivity contribution < 1.29 is 4.79 Å². The quantitative estimate of drug-likeness (QED) is 0.769. The van der Waals surface area contributed by atoms with Crippen molar-refractivity contribution in [3.63, 3.8) is 0 Å². The van der Waals surface area contributed by atoms with Gasteiger partial charge in [-0.3, -0.25) is 4.79 Å². The molecular formula is C16H27N3O. The molecule has 1 aromatic rings. The zero-order valence-electron chi connectivity index (χ0n) is 12.9. The van der Waals surface area contributed by atoms with E-state index in [9.17, 15) is 4.79 Å². The predicted octanol–water partition coefficient (Wildman–Crippen LogP) is 1.82. The Morgan fingerprint density at radius 1 is 1.35 bits per heavy atom. The topological polar surface area (TPSA) is 67.1 Å². The molecule has 0 fully saturated rings. The fourth-order valence-corrected chi connectivity index (χ4v) is 1.23. The van der Waals surface area contributed by atoms with Gasteiger partial charge in [0.05, 0.1) is 0 Å². The minimum atomic E-state index is -0.380. The molecule has 112 valence electrons. The molecule has 4 nitrogen and oxygen atoms in total. The van der Waals surface area contributed by atoms with E-state index in [0.29, 0.717) is 12.0 Å². The largest absolute Gasteiger partial charge is 0.380 e. The van der Waals surface area contributed by atoms with Crippen molar-refractivity contribution in [1.82, 2.24) is 10.6 Å². The molecule has 0 saturated heterocycles. The SMILES string of the molecule is C=CNC(Cc1ccccc1)C(N)=O.CNC(C)(C)C. The molecule has 0 spiro atoms. The van der Waals surface area contributed by atoms with E-state index in [1.54, 1.807) is 0 Å². The van der Waals surface area contributed by atoms with Gasteiger partial charge in [-0.25, -0.2) is 0 Å². The molecule has 1 aromatic carbocycles. The highest BCUT2D eigenvalue weighted by Crippen LogP contribution is 2.02. The first-order valence-electron chi connectivity index (χ1n) is 6.69. The second-order valence-corrected chi connectivity index (χ2v) is 5.52. The summed E-state index contributed by atoms with van der Waals surface area (Å²) in [5.74, 6) is -0.367. The van der Waals surface area contributed by atoms with Gasteiger partial charge in [-0.1, -0.05) is 36.9 Å². The Morgan fingerprint density at radius 3 is 2.20 bits per heavy atom. The van der Waals surface area contributed by atoms with Gasteiger partial charge in [0.2, 0.25) is 5.91 Å². The summed E-state index contributed by atoms with van der Waals surface area (Å²) < 4.78 is 0. The van der Waals surface area contributed by atoms with Gasteiger partial charge in [-0.05, 0) is 39.6 Å². The van der Waals surface area contributed by atoms with Crippen LogP contribution in [-0.2, 0) is 11.2 Å². The first-order valence-corrected chi connectivity index (χ1v) is 6.69. The lowest BCUT2D eigenvalue weighted by molar-refractivity contribution is -0.119. The van der Waals surface area contributed by atoms with Gasteiger partial charge in [0.25, 0.3) is 0 Å². The van der Waals surface area contributed by atoms with E-state index in [2.05, 4.69) is 38.0 Å². The maximum absolute atomic E-state index is 11.0. The lowest BCUT2D eigenvalue weighted by atomic mass is 10.1. The van der Waals surface area contributed by atoms with Crippen LogP contribution >= 0.6 is 0 Å². The predicted molar refractivity (Wildman–Crippen MR) is 85.3 cm³/mol. The molecule has 0 aliphatic heterocycles. The van der Waals surface area contributed by atoms with Gasteiger partial charge in [0.15, 0.2) is 0 Å². The average molecular weight is 277 g/mol. The van der Waals surface area contributed by atoms with Crippen LogP contribution in [-0.4, -0.2) is 24.5 Å². The highest BCUT2D eigenvalue weighted by atomic mass is 16.1. The zero-order chi connectivity index (χ0) is 15.6. The molecule has 0 heterocycles. The van der Waals surface area contributed by atoms with E-state index >= 15 is 0 Å². The van der Waals surface area contributed by atoms with E-state index in [-0.39, 0.29) is 11.9 Å². The van der Waals surface area contributed by atoms with E-state index in [4.69, 9.17) is 5.73 Å². The highest BCUT2D eigenvalue weighted by Gasteiger charge is 2.12. The van der Waals surface area contributed by atoms with Crippen LogP contribution < -0.4 is 16.4 Å². The van der Waals surface area contributed by atoms with Crippen LogP contribution in [0.15, 0.2) is 43.1 Å².